The van der Waals surface area contributed by atoms with Gasteiger partial charge in [-0.05, 0) is 24.6 Å². The minimum absolute atomic E-state index is 0.00629. The van der Waals surface area contributed by atoms with Crippen molar-refractivity contribution in [3.8, 4) is 0 Å². The predicted octanol–water partition coefficient (Wildman–Crippen LogP) is 3.11. The summed E-state index contributed by atoms with van der Waals surface area (Å²) in [6, 6.07) is 4.23. The summed E-state index contributed by atoms with van der Waals surface area (Å²) in [4.78, 5) is 27.1. The highest BCUT2D eigenvalue weighted by Gasteiger charge is 2.67. The number of carbonyl (C=O) groups is 2. The Morgan fingerprint density at radius 2 is 2.31 bits per heavy atom. The van der Waals surface area contributed by atoms with E-state index in [2.05, 4.69) is 0 Å². The number of amides is 1. The molecule has 5 nitrogen and oxygen atoms in total. The molecule has 0 radical (unpaired) electrons. The minimum Gasteiger partial charge on any atom is -0.465 e. The molecule has 3 aliphatic heterocycles. The van der Waals surface area contributed by atoms with E-state index in [1.807, 2.05) is 19.1 Å². The first-order valence-corrected chi connectivity index (χ1v) is 9.15. The first-order valence-electron chi connectivity index (χ1n) is 8.77. The Bertz CT molecular complexity index is 798. The number of hydrogen-bond donors (Lipinski definition) is 0. The molecule has 0 aromatic heterocycles. The summed E-state index contributed by atoms with van der Waals surface area (Å²) >= 11 is 5.73. The Morgan fingerprint density at radius 1 is 1.50 bits per heavy atom. The molecule has 3 aliphatic rings. The number of fused-ring (bicyclic) bond motifs is 1. The summed E-state index contributed by atoms with van der Waals surface area (Å²) in [5.74, 6) is -2.56. The molecule has 1 amide bonds. The number of ether oxygens (including phenoxy) is 2. The molecular formula is C19H19ClFNO4. The highest BCUT2D eigenvalue weighted by molar-refractivity contribution is 6.30. The minimum atomic E-state index is -0.855. The van der Waals surface area contributed by atoms with Crippen molar-refractivity contribution < 1.29 is 23.5 Å². The number of anilines is 1. The number of esters is 1. The van der Waals surface area contributed by atoms with Gasteiger partial charge in [-0.15, -0.1) is 0 Å². The maximum atomic E-state index is 13.8. The first-order chi connectivity index (χ1) is 12.5. The Hall–Kier alpha value is -1.92. The monoisotopic (exact) mass is 379 g/mol. The fraction of sp³-hybridized carbons (Fsp3) is 0.474. The van der Waals surface area contributed by atoms with Crippen LogP contribution < -0.4 is 4.90 Å². The van der Waals surface area contributed by atoms with Gasteiger partial charge >= 0.3 is 5.97 Å². The van der Waals surface area contributed by atoms with Crippen molar-refractivity contribution >= 4 is 29.2 Å². The highest BCUT2D eigenvalue weighted by Crippen LogP contribution is 2.53. The van der Waals surface area contributed by atoms with Gasteiger partial charge in [0.1, 0.15) is 17.3 Å². The summed E-state index contributed by atoms with van der Waals surface area (Å²) < 4.78 is 25.2. The lowest BCUT2D eigenvalue weighted by molar-refractivity contribution is -0.152. The second-order valence-electron chi connectivity index (χ2n) is 6.94. The quantitative estimate of drug-likeness (QED) is 0.448. The lowest BCUT2D eigenvalue weighted by atomic mass is 9.77. The van der Waals surface area contributed by atoms with Crippen LogP contribution in [0.1, 0.15) is 19.8 Å². The fourth-order valence-electron chi connectivity index (χ4n) is 4.05. The molecule has 7 heteroatoms. The molecule has 2 saturated heterocycles. The molecule has 1 aromatic rings. The van der Waals surface area contributed by atoms with Gasteiger partial charge in [-0.25, -0.2) is 4.39 Å². The number of hydrogen-bond acceptors (Lipinski definition) is 4. The second-order valence-corrected chi connectivity index (χ2v) is 7.35. The van der Waals surface area contributed by atoms with Crippen molar-refractivity contribution in [1.82, 2.24) is 0 Å². The van der Waals surface area contributed by atoms with Crippen molar-refractivity contribution in [1.29, 1.82) is 0 Å². The Labute approximate surface area is 155 Å². The highest BCUT2D eigenvalue weighted by atomic mass is 35.5. The van der Waals surface area contributed by atoms with Crippen molar-refractivity contribution in [3.05, 3.63) is 41.2 Å². The summed E-state index contributed by atoms with van der Waals surface area (Å²) in [6.45, 7) is 2.58. The molecule has 2 bridgehead atoms. The van der Waals surface area contributed by atoms with E-state index in [0.717, 1.165) is 12.8 Å². The Balaban J connectivity index is 1.60. The van der Waals surface area contributed by atoms with Crippen molar-refractivity contribution in [3.63, 3.8) is 0 Å². The molecule has 138 valence electrons. The molecule has 0 saturated carbocycles. The van der Waals surface area contributed by atoms with Crippen LogP contribution in [0.3, 0.4) is 0 Å². The average molecular weight is 380 g/mol. The number of carbonyl (C=O) groups excluding carboxylic acids is 2. The zero-order chi connectivity index (χ0) is 18.5. The van der Waals surface area contributed by atoms with Gasteiger partial charge in [0.15, 0.2) is 0 Å². The molecule has 0 N–H and O–H groups in total. The van der Waals surface area contributed by atoms with Gasteiger partial charge in [0, 0.05) is 5.69 Å². The van der Waals surface area contributed by atoms with Gasteiger partial charge in [-0.2, -0.15) is 0 Å². The number of rotatable bonds is 5. The number of benzene rings is 1. The van der Waals surface area contributed by atoms with Gasteiger partial charge in [0.2, 0.25) is 5.91 Å². The van der Waals surface area contributed by atoms with Gasteiger partial charge in [-0.1, -0.05) is 37.1 Å². The van der Waals surface area contributed by atoms with E-state index in [0.29, 0.717) is 12.3 Å². The first kappa shape index (κ1) is 17.5. The van der Waals surface area contributed by atoms with Gasteiger partial charge in [0.05, 0.1) is 30.2 Å². The maximum Gasteiger partial charge on any atom is 0.312 e. The smallest absolute Gasteiger partial charge is 0.312 e. The molecule has 1 spiro atoms. The Morgan fingerprint density at radius 3 is 3.04 bits per heavy atom. The summed E-state index contributed by atoms with van der Waals surface area (Å²) in [6.07, 6.45) is 4.92. The topological polar surface area (TPSA) is 55.8 Å². The lowest BCUT2D eigenvalue weighted by Gasteiger charge is -2.22. The summed E-state index contributed by atoms with van der Waals surface area (Å²) in [7, 11) is 0. The van der Waals surface area contributed by atoms with E-state index in [4.69, 9.17) is 21.1 Å². The Kier molecular flexibility index (Phi) is 4.28. The van der Waals surface area contributed by atoms with Crippen LogP contribution in [0.2, 0.25) is 5.02 Å². The van der Waals surface area contributed by atoms with E-state index in [9.17, 15) is 14.0 Å². The molecule has 26 heavy (non-hydrogen) atoms. The molecule has 3 heterocycles. The number of nitrogens with zero attached hydrogens (tertiary/aromatic N) is 1. The maximum absolute atomic E-state index is 13.8. The third kappa shape index (κ3) is 2.55. The van der Waals surface area contributed by atoms with Crippen LogP contribution in [0.4, 0.5) is 10.1 Å². The van der Waals surface area contributed by atoms with Crippen LogP contribution >= 0.6 is 11.6 Å². The number of halogens is 2. The van der Waals surface area contributed by atoms with Crippen LogP contribution in [0.5, 0.6) is 0 Å². The van der Waals surface area contributed by atoms with Crippen LogP contribution in [0, 0.1) is 17.7 Å². The van der Waals surface area contributed by atoms with Crippen molar-refractivity contribution in [2.24, 2.45) is 11.8 Å². The molecule has 4 atom stereocenters. The van der Waals surface area contributed by atoms with E-state index >= 15 is 0 Å². The zero-order valence-electron chi connectivity index (χ0n) is 14.3. The van der Waals surface area contributed by atoms with E-state index < -0.39 is 35.3 Å². The largest absolute Gasteiger partial charge is 0.465 e. The average Bonchev–Trinajstić information content (AvgIpc) is 3.26. The molecule has 0 unspecified atom stereocenters. The molecular weight excluding hydrogens is 361 g/mol. The van der Waals surface area contributed by atoms with Crippen LogP contribution in [-0.4, -0.2) is 36.7 Å². The fourth-order valence-corrected chi connectivity index (χ4v) is 4.17. The van der Waals surface area contributed by atoms with Gasteiger partial charge in [0.25, 0.3) is 0 Å². The van der Waals surface area contributed by atoms with Gasteiger partial charge in [-0.3, -0.25) is 9.59 Å². The van der Waals surface area contributed by atoms with Gasteiger partial charge < -0.3 is 14.4 Å². The summed E-state index contributed by atoms with van der Waals surface area (Å²) in [5.41, 5.74) is -0.453. The molecule has 4 rings (SSSR count). The van der Waals surface area contributed by atoms with Crippen LogP contribution in [-0.2, 0) is 19.1 Å². The predicted molar refractivity (Wildman–Crippen MR) is 93.4 cm³/mol. The standard InChI is InChI=1S/C19H19ClFNO4/c1-2-3-8-25-18(24)15-14-6-7-19(26-14)10-22(17(23)16(15)19)11-4-5-12(20)13(21)9-11/h4-7,9,14-16H,2-3,8,10H2,1H3/t14-,15-,16-,19+/m1/s1. The van der Waals surface area contributed by atoms with E-state index in [1.54, 1.807) is 6.07 Å². The lowest BCUT2D eigenvalue weighted by Crippen LogP contribution is -2.40. The van der Waals surface area contributed by atoms with Crippen molar-refractivity contribution in [2.45, 2.75) is 31.5 Å². The van der Waals surface area contributed by atoms with E-state index in [1.165, 1.54) is 17.0 Å². The third-order valence-electron chi connectivity index (χ3n) is 5.33. The second kappa shape index (κ2) is 6.35. The summed E-state index contributed by atoms with van der Waals surface area (Å²) in [5, 5.41) is -0.00629. The SMILES string of the molecule is CCCCOC(=O)[C@@H]1[C@H]2C=C[C@@]3(CN(c4ccc(Cl)c(F)c4)C(=O)[C@@H]13)O2. The third-order valence-corrected chi connectivity index (χ3v) is 5.64. The molecule has 1 aromatic carbocycles. The van der Waals surface area contributed by atoms with Crippen LogP contribution in [0.15, 0.2) is 30.4 Å². The van der Waals surface area contributed by atoms with E-state index in [-0.39, 0.29) is 17.5 Å². The van der Waals surface area contributed by atoms with Crippen LogP contribution in [0.25, 0.3) is 0 Å². The number of unbranched alkanes of at least 4 members (excludes halogenated alkanes) is 1. The van der Waals surface area contributed by atoms with Crippen molar-refractivity contribution in [2.75, 3.05) is 18.1 Å². The molecule has 2 fully saturated rings. The zero-order valence-corrected chi connectivity index (χ0v) is 15.0. The molecule has 0 aliphatic carbocycles. The normalized spacial score (nSPS) is 31.6.